The molecule has 1 aromatic carbocycles. The van der Waals surface area contributed by atoms with Crippen molar-refractivity contribution >= 4 is 21.6 Å². The smallest absolute Gasteiger partial charge is 0.124 e. The number of fused-ring (bicyclic) bond motifs is 1. The van der Waals surface area contributed by atoms with Crippen LogP contribution in [0.2, 0.25) is 0 Å². The predicted octanol–water partition coefficient (Wildman–Crippen LogP) is 1.51. The van der Waals surface area contributed by atoms with Crippen molar-refractivity contribution in [1.82, 2.24) is 15.6 Å². The summed E-state index contributed by atoms with van der Waals surface area (Å²) in [5, 5.41) is 7.60. The topological polar surface area (TPSA) is 46.2 Å². The van der Waals surface area contributed by atoms with E-state index in [1.165, 1.54) is 23.5 Å². The molecule has 1 aliphatic heterocycles. The Hall–Kier alpha value is -1.08. The van der Waals surface area contributed by atoms with Gasteiger partial charge in [-0.05, 0) is 18.2 Å². The number of morpholine rings is 1. The number of nitrogens with one attached hydrogen (secondary N) is 2. The lowest BCUT2D eigenvalue weighted by Crippen LogP contribution is -2.43. The quantitative estimate of drug-likeness (QED) is 0.892. The van der Waals surface area contributed by atoms with E-state index >= 15 is 0 Å². The van der Waals surface area contributed by atoms with Crippen molar-refractivity contribution in [3.63, 3.8) is 0 Å². The monoisotopic (exact) mass is 281 g/mol. The second-order valence-electron chi connectivity index (χ2n) is 4.55. The molecule has 1 saturated heterocycles. The van der Waals surface area contributed by atoms with Crippen LogP contribution in [0.3, 0.4) is 0 Å². The summed E-state index contributed by atoms with van der Waals surface area (Å²) in [6.45, 7) is 4.09. The molecule has 6 heteroatoms. The molecule has 2 N–H and O–H groups in total. The van der Waals surface area contributed by atoms with Gasteiger partial charge in [0.05, 0.1) is 22.9 Å². The Kier molecular flexibility index (Phi) is 4.03. The van der Waals surface area contributed by atoms with Gasteiger partial charge in [0.25, 0.3) is 0 Å². The summed E-state index contributed by atoms with van der Waals surface area (Å²) in [6, 6.07) is 4.70. The van der Waals surface area contributed by atoms with E-state index in [1.54, 1.807) is 6.07 Å². The Morgan fingerprint density at radius 1 is 1.53 bits per heavy atom. The molecule has 0 bridgehead atoms. The van der Waals surface area contributed by atoms with Crippen molar-refractivity contribution < 1.29 is 9.13 Å². The van der Waals surface area contributed by atoms with E-state index in [1.807, 2.05) is 0 Å². The summed E-state index contributed by atoms with van der Waals surface area (Å²) in [7, 11) is 0. The van der Waals surface area contributed by atoms with Crippen LogP contribution in [-0.2, 0) is 11.3 Å². The number of ether oxygens (including phenoxy) is 1. The minimum Gasteiger partial charge on any atom is -0.374 e. The van der Waals surface area contributed by atoms with Gasteiger partial charge in [0.2, 0.25) is 0 Å². The molecule has 0 radical (unpaired) electrons. The number of aromatic nitrogens is 1. The Morgan fingerprint density at radius 3 is 3.32 bits per heavy atom. The number of benzene rings is 1. The third-order valence-corrected chi connectivity index (χ3v) is 4.07. The molecule has 19 heavy (non-hydrogen) atoms. The standard InChI is InChI=1S/C13H16FN3OS/c14-9-1-2-11-12(5-9)19-13(17-11)8-16-7-10-6-15-3-4-18-10/h1-2,5,10,15-16H,3-4,6-8H2. The van der Waals surface area contributed by atoms with Crippen molar-refractivity contribution in [2.24, 2.45) is 0 Å². The minimum absolute atomic E-state index is 0.211. The van der Waals surface area contributed by atoms with Crippen molar-refractivity contribution in [1.29, 1.82) is 0 Å². The zero-order chi connectivity index (χ0) is 13.1. The maximum atomic E-state index is 13.1. The lowest BCUT2D eigenvalue weighted by Gasteiger charge is -2.23. The molecule has 3 rings (SSSR count). The first-order chi connectivity index (χ1) is 9.31. The molecule has 1 unspecified atom stereocenters. The van der Waals surface area contributed by atoms with Gasteiger partial charge in [-0.3, -0.25) is 0 Å². The number of rotatable bonds is 4. The number of thiazole rings is 1. The molecule has 1 aliphatic rings. The van der Waals surface area contributed by atoms with Gasteiger partial charge in [0, 0.05) is 26.2 Å². The highest BCUT2D eigenvalue weighted by Crippen LogP contribution is 2.22. The van der Waals surface area contributed by atoms with E-state index in [-0.39, 0.29) is 11.9 Å². The Labute approximate surface area is 115 Å². The summed E-state index contributed by atoms with van der Waals surface area (Å²) in [5.74, 6) is -0.211. The van der Waals surface area contributed by atoms with Crippen LogP contribution < -0.4 is 10.6 Å². The summed E-state index contributed by atoms with van der Waals surface area (Å²) in [4.78, 5) is 4.47. The molecule has 2 heterocycles. The Balaban J connectivity index is 1.56. The number of hydrogen-bond acceptors (Lipinski definition) is 5. The second kappa shape index (κ2) is 5.92. The Bertz CT molecular complexity index is 554. The molecule has 0 aliphatic carbocycles. The van der Waals surface area contributed by atoms with Crippen molar-refractivity contribution in [2.75, 3.05) is 26.2 Å². The maximum Gasteiger partial charge on any atom is 0.124 e. The lowest BCUT2D eigenvalue weighted by atomic mass is 10.3. The largest absolute Gasteiger partial charge is 0.374 e. The number of halogens is 1. The van der Waals surface area contributed by atoms with Gasteiger partial charge in [-0.15, -0.1) is 11.3 Å². The zero-order valence-corrected chi connectivity index (χ0v) is 11.3. The highest BCUT2D eigenvalue weighted by Gasteiger charge is 2.12. The first kappa shape index (κ1) is 12.9. The van der Waals surface area contributed by atoms with Gasteiger partial charge in [-0.25, -0.2) is 9.37 Å². The molecule has 4 nitrogen and oxygen atoms in total. The van der Waals surface area contributed by atoms with E-state index in [4.69, 9.17) is 4.74 Å². The van der Waals surface area contributed by atoms with Gasteiger partial charge < -0.3 is 15.4 Å². The van der Waals surface area contributed by atoms with E-state index < -0.39 is 0 Å². The summed E-state index contributed by atoms with van der Waals surface area (Å²) >= 11 is 1.53. The molecule has 1 atom stereocenters. The molecular formula is C13H16FN3OS. The van der Waals surface area contributed by atoms with Crippen LogP contribution in [0.25, 0.3) is 10.2 Å². The van der Waals surface area contributed by atoms with Gasteiger partial charge >= 0.3 is 0 Å². The van der Waals surface area contributed by atoms with Crippen LogP contribution in [0.4, 0.5) is 4.39 Å². The van der Waals surface area contributed by atoms with Crippen molar-refractivity contribution in [3.05, 3.63) is 29.0 Å². The predicted molar refractivity (Wildman–Crippen MR) is 73.9 cm³/mol. The zero-order valence-electron chi connectivity index (χ0n) is 10.5. The molecule has 0 saturated carbocycles. The second-order valence-corrected chi connectivity index (χ2v) is 5.66. The van der Waals surface area contributed by atoms with Crippen LogP contribution in [0.5, 0.6) is 0 Å². The SMILES string of the molecule is Fc1ccc2nc(CNCC3CNCCO3)sc2c1. The number of hydrogen-bond donors (Lipinski definition) is 2. The third kappa shape index (κ3) is 3.27. The third-order valence-electron chi connectivity index (χ3n) is 3.05. The molecule has 1 fully saturated rings. The fourth-order valence-electron chi connectivity index (χ4n) is 2.11. The van der Waals surface area contributed by atoms with Gasteiger partial charge in [0.1, 0.15) is 10.8 Å². The minimum atomic E-state index is -0.211. The van der Waals surface area contributed by atoms with Gasteiger partial charge in [-0.2, -0.15) is 0 Å². The first-order valence-electron chi connectivity index (χ1n) is 6.39. The summed E-state index contributed by atoms with van der Waals surface area (Å²) in [5.41, 5.74) is 0.860. The van der Waals surface area contributed by atoms with E-state index in [2.05, 4.69) is 15.6 Å². The average Bonchev–Trinajstić information content (AvgIpc) is 2.82. The first-order valence-corrected chi connectivity index (χ1v) is 7.21. The van der Waals surface area contributed by atoms with Crippen LogP contribution in [0.1, 0.15) is 5.01 Å². The highest BCUT2D eigenvalue weighted by molar-refractivity contribution is 7.18. The Morgan fingerprint density at radius 2 is 2.47 bits per heavy atom. The highest BCUT2D eigenvalue weighted by atomic mass is 32.1. The normalized spacial score (nSPS) is 19.9. The van der Waals surface area contributed by atoms with Crippen LogP contribution in [0.15, 0.2) is 18.2 Å². The van der Waals surface area contributed by atoms with Crippen LogP contribution >= 0.6 is 11.3 Å². The van der Waals surface area contributed by atoms with Crippen LogP contribution in [0, 0.1) is 5.82 Å². The van der Waals surface area contributed by atoms with Crippen molar-refractivity contribution in [3.8, 4) is 0 Å². The molecule has 102 valence electrons. The summed E-state index contributed by atoms with van der Waals surface area (Å²) < 4.78 is 19.6. The summed E-state index contributed by atoms with van der Waals surface area (Å²) in [6.07, 6.45) is 0.223. The lowest BCUT2D eigenvalue weighted by molar-refractivity contribution is 0.0290. The molecule has 0 amide bonds. The average molecular weight is 281 g/mol. The van der Waals surface area contributed by atoms with Gasteiger partial charge in [-0.1, -0.05) is 0 Å². The maximum absolute atomic E-state index is 13.1. The molecular weight excluding hydrogens is 265 g/mol. The molecule has 2 aromatic rings. The van der Waals surface area contributed by atoms with Gasteiger partial charge in [0.15, 0.2) is 0 Å². The molecule has 0 spiro atoms. The fraction of sp³-hybridized carbons (Fsp3) is 0.462. The van der Waals surface area contributed by atoms with Crippen LogP contribution in [-0.4, -0.2) is 37.3 Å². The van der Waals surface area contributed by atoms with E-state index in [9.17, 15) is 4.39 Å². The van der Waals surface area contributed by atoms with E-state index in [0.717, 1.165) is 41.5 Å². The molecule has 1 aromatic heterocycles. The van der Waals surface area contributed by atoms with E-state index in [0.29, 0.717) is 6.54 Å². The number of nitrogens with zero attached hydrogens (tertiary/aromatic N) is 1. The van der Waals surface area contributed by atoms with Crippen molar-refractivity contribution in [2.45, 2.75) is 12.6 Å². The fourth-order valence-corrected chi connectivity index (χ4v) is 3.07.